The Morgan fingerprint density at radius 2 is 1.82 bits per heavy atom. The summed E-state index contributed by atoms with van der Waals surface area (Å²) in [6, 6.07) is 17.9. The Labute approximate surface area is 220 Å². The van der Waals surface area contributed by atoms with E-state index < -0.39 is 12.6 Å². The number of hydrogen-bond acceptors (Lipinski definition) is 4. The van der Waals surface area contributed by atoms with Crippen LogP contribution >= 0.6 is 0 Å². The van der Waals surface area contributed by atoms with Crippen LogP contribution in [0.25, 0.3) is 0 Å². The number of hydrogen-bond donors (Lipinski definition) is 0. The number of fused-ring (bicyclic) bond motifs is 2. The summed E-state index contributed by atoms with van der Waals surface area (Å²) in [6.45, 7) is 3.88. The van der Waals surface area contributed by atoms with Crippen molar-refractivity contribution in [2.24, 2.45) is 4.99 Å². The van der Waals surface area contributed by atoms with Crippen LogP contribution in [0, 0.1) is 6.92 Å². The van der Waals surface area contributed by atoms with Crippen LogP contribution in [0.5, 0.6) is 0 Å². The first kappa shape index (κ1) is 24.8. The van der Waals surface area contributed by atoms with Crippen molar-refractivity contribution >= 4 is 11.6 Å². The van der Waals surface area contributed by atoms with Gasteiger partial charge in [0.2, 0.25) is 5.91 Å². The Morgan fingerprint density at radius 1 is 1.00 bits per heavy atom. The maximum atomic E-state index is 13.5. The predicted octanol–water partition coefficient (Wildman–Crippen LogP) is 5.05. The van der Waals surface area contributed by atoms with Gasteiger partial charge >= 0.3 is 6.18 Å². The van der Waals surface area contributed by atoms with Gasteiger partial charge in [0, 0.05) is 55.1 Å². The van der Waals surface area contributed by atoms with E-state index in [0.717, 1.165) is 44.8 Å². The van der Waals surface area contributed by atoms with Crippen molar-refractivity contribution in [3.63, 3.8) is 0 Å². The number of aromatic nitrogens is 1. The van der Waals surface area contributed by atoms with Gasteiger partial charge in [-0.05, 0) is 47.4 Å². The van der Waals surface area contributed by atoms with Crippen molar-refractivity contribution in [3.05, 3.63) is 99.9 Å². The molecule has 1 saturated heterocycles. The first-order chi connectivity index (χ1) is 18.2. The van der Waals surface area contributed by atoms with E-state index in [1.165, 1.54) is 0 Å². The van der Waals surface area contributed by atoms with Crippen LogP contribution in [0.2, 0.25) is 0 Å². The largest absolute Gasteiger partial charge is 0.390 e. The quantitative estimate of drug-likeness (QED) is 0.475. The molecular weight excluding hydrogens is 489 g/mol. The summed E-state index contributed by atoms with van der Waals surface area (Å²) in [6.07, 6.45) is -2.96. The fourth-order valence-corrected chi connectivity index (χ4v) is 6.11. The number of aryl methyl sites for hydroxylation is 1. The highest BCUT2D eigenvalue weighted by Gasteiger charge is 2.42. The highest BCUT2D eigenvalue weighted by atomic mass is 19.4. The molecule has 1 fully saturated rings. The van der Waals surface area contributed by atoms with Crippen molar-refractivity contribution < 1.29 is 18.0 Å². The number of carbonyl (C=O) groups excluding carboxylic acids is 1. The van der Waals surface area contributed by atoms with Crippen molar-refractivity contribution in [1.29, 1.82) is 0 Å². The first-order valence-electron chi connectivity index (χ1n) is 13.0. The number of amides is 1. The Kier molecular flexibility index (Phi) is 6.30. The number of aliphatic imine (C=N–C) groups is 1. The minimum Gasteiger partial charge on any atom is -0.333 e. The van der Waals surface area contributed by atoms with Gasteiger partial charge < -0.3 is 9.80 Å². The molecule has 3 aliphatic heterocycles. The molecule has 0 aliphatic carbocycles. The molecule has 196 valence electrons. The van der Waals surface area contributed by atoms with Crippen LogP contribution in [-0.2, 0) is 24.3 Å². The minimum absolute atomic E-state index is 0.0324. The average molecular weight is 519 g/mol. The molecule has 2 atom stereocenters. The maximum absolute atomic E-state index is 13.5. The lowest BCUT2D eigenvalue weighted by atomic mass is 9.88. The monoisotopic (exact) mass is 518 g/mol. The zero-order chi connectivity index (χ0) is 26.4. The van der Waals surface area contributed by atoms with Crippen LogP contribution in [-0.4, -0.2) is 58.3 Å². The molecule has 6 rings (SSSR count). The van der Waals surface area contributed by atoms with E-state index in [9.17, 15) is 18.0 Å². The summed E-state index contributed by atoms with van der Waals surface area (Å²) in [5.41, 5.74) is 8.27. The second kappa shape index (κ2) is 9.66. The number of nitrogens with zero attached hydrogens (tertiary/aromatic N) is 4. The molecule has 0 radical (unpaired) electrons. The molecular formula is C30H29F3N4O. The smallest absolute Gasteiger partial charge is 0.333 e. The predicted molar refractivity (Wildman–Crippen MR) is 139 cm³/mol. The van der Waals surface area contributed by atoms with Crippen LogP contribution < -0.4 is 0 Å². The number of carbonyl (C=O) groups is 1. The summed E-state index contributed by atoms with van der Waals surface area (Å²) in [5, 5.41) is 0. The molecule has 0 saturated carbocycles. The fraction of sp³-hybridized carbons (Fsp3) is 0.367. The third kappa shape index (κ3) is 4.85. The highest BCUT2D eigenvalue weighted by Crippen LogP contribution is 2.37. The third-order valence-electron chi connectivity index (χ3n) is 7.97. The van der Waals surface area contributed by atoms with Crippen LogP contribution in [0.1, 0.15) is 51.4 Å². The van der Waals surface area contributed by atoms with E-state index in [4.69, 9.17) is 4.99 Å². The van der Waals surface area contributed by atoms with Gasteiger partial charge in [0.25, 0.3) is 0 Å². The number of alkyl halides is 3. The zero-order valence-electron chi connectivity index (χ0n) is 21.2. The summed E-state index contributed by atoms with van der Waals surface area (Å²) in [7, 11) is 0. The Hall–Kier alpha value is -3.52. The molecule has 1 aromatic heterocycles. The number of likely N-dealkylation sites (tertiary alicyclic amines) is 1. The molecule has 0 spiro atoms. The molecule has 0 N–H and O–H groups in total. The summed E-state index contributed by atoms with van der Waals surface area (Å²) in [4.78, 5) is 26.3. The summed E-state index contributed by atoms with van der Waals surface area (Å²) in [5.74, 6) is -0.00812. The zero-order valence-corrected chi connectivity index (χ0v) is 21.2. The van der Waals surface area contributed by atoms with Gasteiger partial charge in [-0.25, -0.2) is 0 Å². The molecule has 38 heavy (non-hydrogen) atoms. The Balaban J connectivity index is 1.29. The van der Waals surface area contributed by atoms with E-state index in [2.05, 4.69) is 17.1 Å². The number of pyridine rings is 1. The molecule has 4 heterocycles. The van der Waals surface area contributed by atoms with Crippen LogP contribution in [0.15, 0.2) is 65.8 Å². The lowest BCUT2D eigenvalue weighted by Crippen LogP contribution is -2.47. The number of benzene rings is 2. The molecule has 8 heteroatoms. The van der Waals surface area contributed by atoms with E-state index >= 15 is 0 Å². The molecule has 0 bridgehead atoms. The second-order valence-corrected chi connectivity index (χ2v) is 10.5. The Morgan fingerprint density at radius 3 is 2.58 bits per heavy atom. The van der Waals surface area contributed by atoms with Gasteiger partial charge in [-0.15, -0.1) is 0 Å². The van der Waals surface area contributed by atoms with E-state index in [1.807, 2.05) is 59.2 Å². The van der Waals surface area contributed by atoms with Gasteiger partial charge in [-0.3, -0.25) is 14.8 Å². The first-order valence-corrected chi connectivity index (χ1v) is 13.0. The van der Waals surface area contributed by atoms with Crippen LogP contribution in [0.3, 0.4) is 0 Å². The van der Waals surface area contributed by atoms with Gasteiger partial charge in [-0.1, -0.05) is 36.4 Å². The molecule has 5 nitrogen and oxygen atoms in total. The van der Waals surface area contributed by atoms with Crippen molar-refractivity contribution in [1.82, 2.24) is 14.8 Å². The molecule has 3 aliphatic rings. The lowest BCUT2D eigenvalue weighted by Gasteiger charge is -2.37. The summed E-state index contributed by atoms with van der Waals surface area (Å²) >= 11 is 0. The van der Waals surface area contributed by atoms with E-state index in [0.29, 0.717) is 32.6 Å². The number of halogens is 3. The van der Waals surface area contributed by atoms with E-state index in [-0.39, 0.29) is 24.4 Å². The highest BCUT2D eigenvalue weighted by molar-refractivity contribution is 6.15. The van der Waals surface area contributed by atoms with Crippen molar-refractivity contribution in [2.45, 2.75) is 51.0 Å². The molecule has 2 aromatic carbocycles. The fourth-order valence-electron chi connectivity index (χ4n) is 6.11. The maximum Gasteiger partial charge on any atom is 0.390 e. The van der Waals surface area contributed by atoms with Gasteiger partial charge in [-0.2, -0.15) is 13.2 Å². The number of rotatable bonds is 5. The van der Waals surface area contributed by atoms with Gasteiger partial charge in [0.05, 0.1) is 31.1 Å². The SMILES string of the molecule is Cc1cc(C2=NCc3cc4c(cc32)CN([C@@H]2CN(CCC(F)(F)F)C[C@H]2c2ccccc2)C(=O)C4)ccn1. The minimum atomic E-state index is -4.20. The second-order valence-electron chi connectivity index (χ2n) is 10.5. The Bertz CT molecular complexity index is 1400. The van der Waals surface area contributed by atoms with Crippen LogP contribution in [0.4, 0.5) is 13.2 Å². The standard InChI is InChI=1S/C30H29F3N4O/c1-19-11-21(7-9-34-19)29-25-13-24-16-37(28(38)14-22(24)12-23(25)15-35-29)27-18-36(10-8-30(31,32)33)17-26(27)20-5-3-2-4-6-20/h2-7,9,11-13,26-27H,8,10,14-18H2,1H3/t26-,27+/m0/s1. The van der Waals surface area contributed by atoms with Crippen molar-refractivity contribution in [3.8, 4) is 0 Å². The third-order valence-corrected chi connectivity index (χ3v) is 7.97. The van der Waals surface area contributed by atoms with E-state index in [1.54, 1.807) is 6.20 Å². The molecule has 3 aromatic rings. The normalized spacial score (nSPS) is 21.4. The molecule has 1 amide bonds. The average Bonchev–Trinajstić information content (AvgIpc) is 3.50. The topological polar surface area (TPSA) is 48.8 Å². The van der Waals surface area contributed by atoms with Gasteiger partial charge in [0.15, 0.2) is 0 Å². The summed E-state index contributed by atoms with van der Waals surface area (Å²) < 4.78 is 39.0. The molecule has 0 unspecified atom stereocenters. The van der Waals surface area contributed by atoms with Gasteiger partial charge in [0.1, 0.15) is 0 Å². The lowest BCUT2D eigenvalue weighted by molar-refractivity contribution is -0.138. The van der Waals surface area contributed by atoms with Crippen molar-refractivity contribution in [2.75, 3.05) is 19.6 Å².